The Kier molecular flexibility index (Phi) is 2.35. The Morgan fingerprint density at radius 1 is 1.10 bits per heavy atom. The molecule has 2 unspecified atom stereocenters. The van der Waals surface area contributed by atoms with Crippen LogP contribution < -0.4 is 20.1 Å². The molecule has 3 heterocycles. The lowest BCUT2D eigenvalue weighted by Crippen LogP contribution is -2.21. The fraction of sp³-hybridized carbons (Fsp3) is 0.438. The van der Waals surface area contributed by atoms with Crippen LogP contribution in [0.2, 0.25) is 0 Å². The van der Waals surface area contributed by atoms with E-state index < -0.39 is 0 Å². The number of ether oxygens (including phenoxy) is 2. The number of fused-ring (bicyclic) bond motifs is 3. The van der Waals surface area contributed by atoms with Crippen molar-refractivity contribution in [3.05, 3.63) is 24.4 Å². The largest absolute Gasteiger partial charge is 0.486 e. The summed E-state index contributed by atoms with van der Waals surface area (Å²) in [5, 5.41) is 9.29. The van der Waals surface area contributed by atoms with Gasteiger partial charge in [0.15, 0.2) is 11.5 Å². The topological polar surface area (TPSA) is 55.4 Å². The van der Waals surface area contributed by atoms with Crippen molar-refractivity contribution in [1.82, 2.24) is 10.3 Å². The molecule has 1 saturated heterocycles. The van der Waals surface area contributed by atoms with Crippen molar-refractivity contribution in [3.8, 4) is 11.5 Å². The van der Waals surface area contributed by atoms with Crippen LogP contribution >= 0.6 is 0 Å². The molecular weight excluding hydrogens is 266 g/mol. The minimum absolute atomic E-state index is 0.567. The molecule has 2 N–H and O–H groups in total. The van der Waals surface area contributed by atoms with Gasteiger partial charge in [0.25, 0.3) is 0 Å². The number of rotatable bonds is 2. The van der Waals surface area contributed by atoms with Crippen LogP contribution in [0.1, 0.15) is 0 Å². The number of nitrogens with one attached hydrogen (secondary N) is 2. The van der Waals surface area contributed by atoms with Crippen LogP contribution in [-0.4, -0.2) is 37.3 Å². The predicted octanol–water partition coefficient (Wildman–Crippen LogP) is 1.64. The number of nitrogens with zero attached hydrogens (tertiary/aromatic N) is 1. The molecule has 3 aliphatic rings. The number of pyridine rings is 1. The summed E-state index contributed by atoms with van der Waals surface area (Å²) in [5.74, 6) is 4.14. The Labute approximate surface area is 122 Å². The summed E-state index contributed by atoms with van der Waals surface area (Å²) < 4.78 is 11.3. The highest BCUT2D eigenvalue weighted by atomic mass is 16.6. The van der Waals surface area contributed by atoms with Gasteiger partial charge in [0.05, 0.1) is 0 Å². The molecule has 2 aromatic rings. The van der Waals surface area contributed by atoms with E-state index in [9.17, 15) is 0 Å². The van der Waals surface area contributed by atoms with E-state index in [4.69, 9.17) is 9.47 Å². The Balaban J connectivity index is 1.54. The van der Waals surface area contributed by atoms with Gasteiger partial charge >= 0.3 is 0 Å². The van der Waals surface area contributed by atoms with Gasteiger partial charge in [-0.3, -0.25) is 0 Å². The van der Waals surface area contributed by atoms with Crippen molar-refractivity contribution in [2.45, 2.75) is 6.04 Å². The molecular formula is C16H17N3O2. The van der Waals surface area contributed by atoms with Gasteiger partial charge in [0.2, 0.25) is 0 Å². The molecule has 1 saturated carbocycles. The minimum Gasteiger partial charge on any atom is -0.486 e. The van der Waals surface area contributed by atoms with Crippen LogP contribution in [0.15, 0.2) is 24.4 Å². The fourth-order valence-corrected chi connectivity index (χ4v) is 3.61. The monoisotopic (exact) mass is 283 g/mol. The summed E-state index contributed by atoms with van der Waals surface area (Å²) in [6, 6.07) is 6.69. The van der Waals surface area contributed by atoms with Crippen molar-refractivity contribution in [2.75, 3.05) is 31.6 Å². The lowest BCUT2D eigenvalue weighted by Gasteiger charge is -2.19. The van der Waals surface area contributed by atoms with E-state index >= 15 is 0 Å². The molecule has 1 aromatic heterocycles. The van der Waals surface area contributed by atoms with Gasteiger partial charge in [-0.1, -0.05) is 0 Å². The van der Waals surface area contributed by atoms with E-state index in [0.29, 0.717) is 19.3 Å². The first-order valence-corrected chi connectivity index (χ1v) is 7.56. The summed E-state index contributed by atoms with van der Waals surface area (Å²) in [5.41, 5.74) is 0. The van der Waals surface area contributed by atoms with Crippen LogP contribution in [0.25, 0.3) is 10.8 Å². The van der Waals surface area contributed by atoms with Gasteiger partial charge in [-0.2, -0.15) is 0 Å². The third-order valence-corrected chi connectivity index (χ3v) is 4.82. The van der Waals surface area contributed by atoms with Crippen molar-refractivity contribution in [2.24, 2.45) is 11.8 Å². The molecule has 1 aliphatic carbocycles. The molecule has 5 heteroatoms. The Morgan fingerprint density at radius 2 is 1.86 bits per heavy atom. The maximum absolute atomic E-state index is 5.69. The lowest BCUT2D eigenvalue weighted by molar-refractivity contribution is 0.172. The van der Waals surface area contributed by atoms with Gasteiger partial charge in [0, 0.05) is 30.7 Å². The molecule has 5 rings (SSSR count). The molecule has 21 heavy (non-hydrogen) atoms. The SMILES string of the molecule is c1cc2cc3c(cc2c(NC2C4CNCC42)n1)OCCO3. The van der Waals surface area contributed by atoms with E-state index in [1.807, 2.05) is 18.3 Å². The molecule has 2 atom stereocenters. The summed E-state index contributed by atoms with van der Waals surface area (Å²) in [6.07, 6.45) is 1.86. The third kappa shape index (κ3) is 1.77. The zero-order chi connectivity index (χ0) is 13.8. The van der Waals surface area contributed by atoms with Crippen LogP contribution in [0.4, 0.5) is 5.82 Å². The normalized spacial score (nSPS) is 29.2. The first kappa shape index (κ1) is 11.6. The first-order valence-electron chi connectivity index (χ1n) is 7.56. The Bertz CT molecular complexity index is 708. The fourth-order valence-electron chi connectivity index (χ4n) is 3.61. The molecule has 0 spiro atoms. The number of aromatic nitrogens is 1. The van der Waals surface area contributed by atoms with Crippen molar-refractivity contribution in [1.29, 1.82) is 0 Å². The predicted molar refractivity (Wildman–Crippen MR) is 80.0 cm³/mol. The smallest absolute Gasteiger partial charge is 0.162 e. The minimum atomic E-state index is 0.567. The van der Waals surface area contributed by atoms with Gasteiger partial charge in [-0.15, -0.1) is 0 Å². The van der Waals surface area contributed by atoms with Gasteiger partial charge in [-0.25, -0.2) is 4.98 Å². The number of piperidine rings is 1. The second kappa shape index (κ2) is 4.24. The Morgan fingerprint density at radius 3 is 2.67 bits per heavy atom. The molecule has 2 fully saturated rings. The van der Waals surface area contributed by atoms with Crippen molar-refractivity contribution < 1.29 is 9.47 Å². The maximum atomic E-state index is 5.69. The maximum Gasteiger partial charge on any atom is 0.162 e. The molecule has 1 aromatic carbocycles. The van der Waals surface area contributed by atoms with Crippen LogP contribution in [0, 0.1) is 11.8 Å². The van der Waals surface area contributed by atoms with Crippen molar-refractivity contribution >= 4 is 16.6 Å². The highest BCUT2D eigenvalue weighted by Gasteiger charge is 2.53. The molecule has 108 valence electrons. The molecule has 0 amide bonds. The number of hydrogen-bond donors (Lipinski definition) is 2. The van der Waals surface area contributed by atoms with Crippen LogP contribution in [-0.2, 0) is 0 Å². The highest BCUT2D eigenvalue weighted by molar-refractivity contribution is 5.94. The second-order valence-electron chi connectivity index (χ2n) is 6.03. The number of benzene rings is 1. The summed E-state index contributed by atoms with van der Waals surface area (Å²) >= 11 is 0. The first-order chi connectivity index (χ1) is 10.4. The number of hydrogen-bond acceptors (Lipinski definition) is 5. The zero-order valence-electron chi connectivity index (χ0n) is 11.6. The second-order valence-corrected chi connectivity index (χ2v) is 6.03. The van der Waals surface area contributed by atoms with E-state index in [1.165, 1.54) is 0 Å². The molecule has 0 radical (unpaired) electrons. The van der Waals surface area contributed by atoms with E-state index in [1.54, 1.807) is 0 Å². The quantitative estimate of drug-likeness (QED) is 0.877. The zero-order valence-corrected chi connectivity index (χ0v) is 11.6. The molecule has 5 nitrogen and oxygen atoms in total. The third-order valence-electron chi connectivity index (χ3n) is 4.82. The van der Waals surface area contributed by atoms with Crippen LogP contribution in [0.3, 0.4) is 0 Å². The van der Waals surface area contributed by atoms with Gasteiger partial charge < -0.3 is 20.1 Å². The van der Waals surface area contributed by atoms with Crippen LogP contribution in [0.5, 0.6) is 11.5 Å². The summed E-state index contributed by atoms with van der Waals surface area (Å²) in [6.45, 7) is 3.48. The Hall–Kier alpha value is -2.01. The van der Waals surface area contributed by atoms with E-state index in [0.717, 1.165) is 53.0 Å². The number of anilines is 1. The standard InChI is InChI=1S/C16H17N3O2/c1-2-18-16(19-15-11-7-17-8-12(11)15)10-6-14-13(5-9(1)10)20-3-4-21-14/h1-2,5-6,11-12,15,17H,3-4,7-8H2,(H,18,19). The summed E-state index contributed by atoms with van der Waals surface area (Å²) in [7, 11) is 0. The molecule has 0 bridgehead atoms. The van der Waals surface area contributed by atoms with E-state index in [2.05, 4.69) is 21.7 Å². The van der Waals surface area contributed by atoms with Gasteiger partial charge in [0.1, 0.15) is 19.0 Å². The van der Waals surface area contributed by atoms with Crippen molar-refractivity contribution in [3.63, 3.8) is 0 Å². The lowest BCUT2D eigenvalue weighted by atomic mass is 10.1. The molecule has 2 aliphatic heterocycles. The average molecular weight is 283 g/mol. The van der Waals surface area contributed by atoms with E-state index in [-0.39, 0.29) is 0 Å². The summed E-state index contributed by atoms with van der Waals surface area (Å²) in [4.78, 5) is 4.54. The average Bonchev–Trinajstić information content (AvgIpc) is 2.95. The highest BCUT2D eigenvalue weighted by Crippen LogP contribution is 2.45. The van der Waals surface area contributed by atoms with Gasteiger partial charge in [-0.05, 0) is 35.4 Å².